The second-order valence-electron chi connectivity index (χ2n) is 3.05. The molecule has 16 heavy (non-hydrogen) atoms. The summed E-state index contributed by atoms with van der Waals surface area (Å²) >= 11 is 7.42. The Morgan fingerprint density at radius 1 is 1.50 bits per heavy atom. The van der Waals surface area contributed by atoms with Crippen LogP contribution in [0.5, 0.6) is 0 Å². The van der Waals surface area contributed by atoms with Crippen molar-refractivity contribution in [3.63, 3.8) is 0 Å². The highest BCUT2D eigenvalue weighted by atomic mass is 35.5. The molecule has 1 aromatic carbocycles. The first-order valence-corrected chi connectivity index (χ1v) is 5.75. The van der Waals surface area contributed by atoms with Gasteiger partial charge < -0.3 is 4.74 Å². The maximum Gasteiger partial charge on any atom is 0.339 e. The molecule has 0 aliphatic carbocycles. The van der Waals surface area contributed by atoms with Gasteiger partial charge in [-0.3, -0.25) is 4.98 Å². The van der Waals surface area contributed by atoms with Gasteiger partial charge in [0.15, 0.2) is 0 Å². The van der Waals surface area contributed by atoms with Crippen LogP contribution in [0.15, 0.2) is 29.9 Å². The van der Waals surface area contributed by atoms with Gasteiger partial charge in [-0.1, -0.05) is 17.7 Å². The van der Waals surface area contributed by atoms with Crippen molar-refractivity contribution in [2.75, 3.05) is 7.11 Å². The van der Waals surface area contributed by atoms with Crippen molar-refractivity contribution in [1.82, 2.24) is 4.98 Å². The summed E-state index contributed by atoms with van der Waals surface area (Å²) in [5.74, 6) is -0.434. The largest absolute Gasteiger partial charge is 0.465 e. The van der Waals surface area contributed by atoms with E-state index in [4.69, 9.17) is 11.6 Å². The summed E-state index contributed by atoms with van der Waals surface area (Å²) in [6.45, 7) is 0. The maximum atomic E-state index is 11.4. The van der Waals surface area contributed by atoms with E-state index in [9.17, 15) is 4.79 Å². The first-order valence-electron chi connectivity index (χ1n) is 4.49. The number of ether oxygens (including phenoxy) is 1. The molecule has 0 aliphatic heterocycles. The highest BCUT2D eigenvalue weighted by Gasteiger charge is 2.12. The number of carbonyl (C=O) groups excluding carboxylic acids is 1. The Labute approximate surface area is 102 Å². The van der Waals surface area contributed by atoms with Crippen LogP contribution in [0.2, 0.25) is 5.02 Å². The Morgan fingerprint density at radius 2 is 2.31 bits per heavy atom. The summed E-state index contributed by atoms with van der Waals surface area (Å²) in [6, 6.07) is 5.24. The lowest BCUT2D eigenvalue weighted by Gasteiger charge is -2.04. The Morgan fingerprint density at radius 3 is 2.94 bits per heavy atom. The average molecular weight is 254 g/mol. The van der Waals surface area contributed by atoms with E-state index < -0.39 is 5.97 Å². The second-order valence-corrected chi connectivity index (χ2v) is 4.35. The van der Waals surface area contributed by atoms with Crippen LogP contribution in [0.3, 0.4) is 0 Å². The summed E-state index contributed by atoms with van der Waals surface area (Å²) in [4.78, 5) is 16.4. The van der Waals surface area contributed by atoms with Crippen LogP contribution in [0.1, 0.15) is 10.4 Å². The molecule has 0 aliphatic rings. The van der Waals surface area contributed by atoms with Crippen LogP contribution in [-0.2, 0) is 4.74 Å². The zero-order valence-electron chi connectivity index (χ0n) is 8.44. The lowest BCUT2D eigenvalue weighted by atomic mass is 10.1. The number of halogens is 1. The molecule has 0 atom stereocenters. The van der Waals surface area contributed by atoms with E-state index in [0.717, 1.165) is 10.4 Å². The summed E-state index contributed by atoms with van der Waals surface area (Å²) in [6.07, 6.45) is 1.75. The lowest BCUT2D eigenvalue weighted by Crippen LogP contribution is -2.02. The van der Waals surface area contributed by atoms with Gasteiger partial charge in [0.2, 0.25) is 0 Å². The van der Waals surface area contributed by atoms with Gasteiger partial charge in [-0.2, -0.15) is 0 Å². The van der Waals surface area contributed by atoms with E-state index in [0.29, 0.717) is 10.6 Å². The number of rotatable bonds is 2. The molecule has 0 amide bonds. The van der Waals surface area contributed by atoms with E-state index in [1.807, 2.05) is 6.07 Å². The predicted octanol–water partition coefficient (Wildman–Crippen LogP) is 3.25. The monoisotopic (exact) mass is 253 g/mol. The van der Waals surface area contributed by atoms with Crippen LogP contribution in [-0.4, -0.2) is 18.1 Å². The van der Waals surface area contributed by atoms with Crippen molar-refractivity contribution in [3.8, 4) is 10.4 Å². The number of thiazole rings is 1. The molecule has 0 spiro atoms. The Hall–Kier alpha value is -1.39. The van der Waals surface area contributed by atoms with Gasteiger partial charge in [-0.05, 0) is 17.7 Å². The van der Waals surface area contributed by atoms with E-state index >= 15 is 0 Å². The molecule has 2 rings (SSSR count). The third kappa shape index (κ3) is 2.08. The summed E-state index contributed by atoms with van der Waals surface area (Å²) in [5, 5.41) is 0.389. The van der Waals surface area contributed by atoms with Crippen molar-refractivity contribution in [3.05, 3.63) is 40.5 Å². The molecule has 1 heterocycles. The van der Waals surface area contributed by atoms with E-state index in [2.05, 4.69) is 9.72 Å². The molecule has 0 bridgehead atoms. The molecule has 82 valence electrons. The third-order valence-electron chi connectivity index (χ3n) is 2.09. The molecule has 2 aromatic rings. The van der Waals surface area contributed by atoms with Crippen LogP contribution in [0, 0.1) is 0 Å². The third-order valence-corrected chi connectivity index (χ3v) is 3.24. The smallest absolute Gasteiger partial charge is 0.339 e. The van der Waals surface area contributed by atoms with Crippen LogP contribution in [0.25, 0.3) is 10.4 Å². The fraction of sp³-hybridized carbons (Fsp3) is 0.0909. The molecular formula is C11H8ClNO2S. The standard InChI is InChI=1S/C11H8ClNO2S/c1-15-11(14)8-4-7(2-3-9(8)12)10-5-13-6-16-10/h2-6H,1H3. The number of aromatic nitrogens is 1. The van der Waals surface area contributed by atoms with Gasteiger partial charge >= 0.3 is 5.97 Å². The highest BCUT2D eigenvalue weighted by Crippen LogP contribution is 2.27. The summed E-state index contributed by atoms with van der Waals surface area (Å²) in [7, 11) is 1.33. The minimum atomic E-state index is -0.434. The SMILES string of the molecule is COC(=O)c1cc(-c2cncs2)ccc1Cl. The molecule has 0 saturated heterocycles. The Bertz CT molecular complexity index is 511. The van der Waals surface area contributed by atoms with Gasteiger partial charge in [0, 0.05) is 6.20 Å². The fourth-order valence-corrected chi connectivity index (χ4v) is 2.12. The van der Waals surface area contributed by atoms with Gasteiger partial charge in [-0.25, -0.2) is 4.79 Å². The van der Waals surface area contributed by atoms with Gasteiger partial charge in [0.1, 0.15) is 0 Å². The first-order chi connectivity index (χ1) is 7.72. The second kappa shape index (κ2) is 4.63. The number of nitrogens with zero attached hydrogens (tertiary/aromatic N) is 1. The number of benzene rings is 1. The fourth-order valence-electron chi connectivity index (χ4n) is 1.30. The summed E-state index contributed by atoms with van der Waals surface area (Å²) < 4.78 is 4.65. The number of methoxy groups -OCH3 is 1. The molecule has 1 aromatic heterocycles. The molecule has 0 fully saturated rings. The molecule has 0 radical (unpaired) electrons. The molecule has 0 N–H and O–H groups in total. The van der Waals surface area contributed by atoms with Crippen molar-refractivity contribution in [1.29, 1.82) is 0 Å². The van der Waals surface area contributed by atoms with Gasteiger partial charge in [0.05, 0.1) is 28.1 Å². The Balaban J connectivity index is 2.47. The zero-order chi connectivity index (χ0) is 11.5. The van der Waals surface area contributed by atoms with E-state index in [1.165, 1.54) is 18.4 Å². The molecule has 5 heteroatoms. The highest BCUT2D eigenvalue weighted by molar-refractivity contribution is 7.13. The van der Waals surface area contributed by atoms with E-state index in [-0.39, 0.29) is 0 Å². The van der Waals surface area contributed by atoms with Crippen LogP contribution >= 0.6 is 22.9 Å². The van der Waals surface area contributed by atoms with Crippen LogP contribution < -0.4 is 0 Å². The van der Waals surface area contributed by atoms with Crippen molar-refractivity contribution < 1.29 is 9.53 Å². The molecular weight excluding hydrogens is 246 g/mol. The first kappa shape index (κ1) is 11.1. The average Bonchev–Trinajstić information content (AvgIpc) is 2.82. The predicted molar refractivity (Wildman–Crippen MR) is 63.9 cm³/mol. The topological polar surface area (TPSA) is 39.2 Å². The minimum absolute atomic E-state index is 0.370. The number of hydrogen-bond acceptors (Lipinski definition) is 4. The minimum Gasteiger partial charge on any atom is -0.465 e. The summed E-state index contributed by atoms with van der Waals surface area (Å²) in [5.41, 5.74) is 3.02. The molecule has 3 nitrogen and oxygen atoms in total. The van der Waals surface area contributed by atoms with E-state index in [1.54, 1.807) is 23.8 Å². The zero-order valence-corrected chi connectivity index (χ0v) is 10.0. The lowest BCUT2D eigenvalue weighted by molar-refractivity contribution is 0.0601. The molecule has 0 unspecified atom stereocenters. The van der Waals surface area contributed by atoms with Crippen molar-refractivity contribution >= 4 is 28.9 Å². The maximum absolute atomic E-state index is 11.4. The van der Waals surface area contributed by atoms with Crippen molar-refractivity contribution in [2.24, 2.45) is 0 Å². The van der Waals surface area contributed by atoms with Gasteiger partial charge in [0.25, 0.3) is 0 Å². The van der Waals surface area contributed by atoms with Crippen LogP contribution in [0.4, 0.5) is 0 Å². The Kier molecular flexibility index (Phi) is 3.22. The normalized spacial score (nSPS) is 10.1. The number of hydrogen-bond donors (Lipinski definition) is 0. The number of carbonyl (C=O) groups is 1. The van der Waals surface area contributed by atoms with Crippen molar-refractivity contribution in [2.45, 2.75) is 0 Å². The van der Waals surface area contributed by atoms with Gasteiger partial charge in [-0.15, -0.1) is 11.3 Å². The number of esters is 1. The molecule has 0 saturated carbocycles. The quantitative estimate of drug-likeness (QED) is 0.772.